The van der Waals surface area contributed by atoms with Crippen LogP contribution in [0.15, 0.2) is 52.3 Å². The Balaban J connectivity index is 1.24. The maximum atomic E-state index is 14.0. The summed E-state index contributed by atoms with van der Waals surface area (Å²) < 4.78 is 16.6. The molecule has 3 heterocycles. The average Bonchev–Trinajstić information content (AvgIpc) is 3.75. The molecule has 12 nitrogen and oxygen atoms in total. The maximum Gasteiger partial charge on any atom is 0.344 e. The molecule has 2 saturated carbocycles. The average molecular weight is 652 g/mol. The van der Waals surface area contributed by atoms with Gasteiger partial charge in [0, 0.05) is 28.2 Å². The van der Waals surface area contributed by atoms with Gasteiger partial charge in [-0.3, -0.25) is 29.4 Å². The number of hydrogen-bond donors (Lipinski definition) is 1. The lowest BCUT2D eigenvalue weighted by Crippen LogP contribution is -2.42. The Hall–Kier alpha value is -4.17. The molecular weight excluding hydrogens is 622 g/mol. The van der Waals surface area contributed by atoms with Gasteiger partial charge < -0.3 is 19.2 Å². The smallest absolute Gasteiger partial charge is 0.344 e. The number of esters is 1. The number of H-pyrrole nitrogens is 1. The van der Waals surface area contributed by atoms with E-state index in [-0.39, 0.29) is 64.5 Å². The summed E-state index contributed by atoms with van der Waals surface area (Å²) in [5.74, 6) is -1.66. The zero-order chi connectivity index (χ0) is 31.6. The van der Waals surface area contributed by atoms with Gasteiger partial charge in [-0.2, -0.15) is 0 Å². The molecule has 3 aromatic rings. The van der Waals surface area contributed by atoms with E-state index in [1.807, 2.05) is 19.1 Å². The molecular formula is C31H29N3O9S2. The number of nitro benzene ring substituents is 1. The van der Waals surface area contributed by atoms with Gasteiger partial charge in [-0.15, -0.1) is 11.8 Å². The molecule has 1 saturated heterocycles. The first kappa shape index (κ1) is 29.5. The van der Waals surface area contributed by atoms with Gasteiger partial charge in [0.25, 0.3) is 5.69 Å². The number of non-ortho nitro benzene ring substituents is 1. The Morgan fingerprint density at radius 2 is 1.73 bits per heavy atom. The van der Waals surface area contributed by atoms with Crippen molar-refractivity contribution in [2.24, 2.45) is 29.6 Å². The number of nitrogens with zero attached hydrogens (tertiary/aromatic N) is 2. The number of thiazole rings is 1. The van der Waals surface area contributed by atoms with Crippen LogP contribution < -0.4 is 19.2 Å². The van der Waals surface area contributed by atoms with Gasteiger partial charge in [0.2, 0.25) is 11.8 Å². The number of nitro groups is 1. The van der Waals surface area contributed by atoms with Crippen molar-refractivity contribution in [1.29, 1.82) is 0 Å². The number of thioether (sulfide) groups is 1. The van der Waals surface area contributed by atoms with Crippen molar-refractivity contribution in [3.63, 3.8) is 0 Å². The first-order chi connectivity index (χ1) is 21.7. The van der Waals surface area contributed by atoms with Gasteiger partial charge in [-0.05, 0) is 67.9 Å². The molecule has 14 heteroatoms. The van der Waals surface area contributed by atoms with Crippen molar-refractivity contribution >= 4 is 52.3 Å². The minimum Gasteiger partial charge on any atom is -0.490 e. The summed E-state index contributed by atoms with van der Waals surface area (Å²) in [4.78, 5) is 67.9. The normalized spacial score (nSPS) is 27.6. The van der Waals surface area contributed by atoms with Crippen LogP contribution in [-0.2, 0) is 19.1 Å². The van der Waals surface area contributed by atoms with Crippen LogP contribution in [0.25, 0.3) is 0 Å². The highest BCUT2D eigenvalue weighted by molar-refractivity contribution is 8.00. The number of carbonyl (C=O) groups is 3. The summed E-state index contributed by atoms with van der Waals surface area (Å²) in [7, 11) is 0. The Bertz CT molecular complexity index is 1770. The fourth-order valence-corrected chi connectivity index (χ4v) is 10.7. The Morgan fingerprint density at radius 3 is 2.42 bits per heavy atom. The molecule has 234 valence electrons. The molecule has 7 rings (SSSR count). The maximum absolute atomic E-state index is 14.0. The van der Waals surface area contributed by atoms with Crippen LogP contribution in [0.4, 0.5) is 11.4 Å². The second kappa shape index (κ2) is 11.3. The molecule has 0 unspecified atom stereocenters. The molecule has 1 aromatic heterocycles. The number of aromatic nitrogens is 1. The van der Waals surface area contributed by atoms with Gasteiger partial charge in [-0.1, -0.05) is 17.4 Å². The van der Waals surface area contributed by atoms with E-state index in [0.717, 1.165) is 33.2 Å². The van der Waals surface area contributed by atoms with E-state index in [1.165, 1.54) is 29.2 Å². The third-order valence-electron chi connectivity index (χ3n) is 9.32. The summed E-state index contributed by atoms with van der Waals surface area (Å²) in [6.45, 7) is 3.90. The zero-order valence-corrected chi connectivity index (χ0v) is 25.9. The van der Waals surface area contributed by atoms with Crippen molar-refractivity contribution in [3.05, 3.63) is 72.7 Å². The number of rotatable bonds is 9. The monoisotopic (exact) mass is 651 g/mol. The van der Waals surface area contributed by atoms with E-state index >= 15 is 0 Å². The molecule has 45 heavy (non-hydrogen) atoms. The quantitative estimate of drug-likeness (QED) is 0.153. The van der Waals surface area contributed by atoms with E-state index in [1.54, 1.807) is 24.8 Å². The van der Waals surface area contributed by atoms with Gasteiger partial charge in [-0.25, -0.2) is 4.79 Å². The lowest BCUT2D eigenvalue weighted by Gasteiger charge is -2.43. The van der Waals surface area contributed by atoms with Crippen LogP contribution in [0, 0.1) is 39.7 Å². The molecule has 0 radical (unpaired) electrons. The van der Waals surface area contributed by atoms with Crippen LogP contribution in [-0.4, -0.2) is 52.8 Å². The van der Waals surface area contributed by atoms with Crippen LogP contribution in [0.3, 0.4) is 0 Å². The van der Waals surface area contributed by atoms with E-state index in [2.05, 4.69) is 4.98 Å². The SMILES string of the molecule is CCOC(=O)COc1ccc([C@@H]2c3sc(=O)[nH]c3S[C@@H]3[C@@H]4C[C@@H]([C@@H]5C(=O)N(c6ccc([N+](=O)[O-])cc6)C(=O)[C@@H]45)[C@H]23)cc1OCC. The molecule has 2 aliphatic carbocycles. The fraction of sp³-hybridized carbons (Fsp3) is 0.419. The highest BCUT2D eigenvalue weighted by Crippen LogP contribution is 2.68. The zero-order valence-electron chi connectivity index (χ0n) is 24.3. The summed E-state index contributed by atoms with van der Waals surface area (Å²) in [6.07, 6.45) is 0.720. The molecule has 2 bridgehead atoms. The number of carbonyl (C=O) groups excluding carboxylic acids is 3. The summed E-state index contributed by atoms with van der Waals surface area (Å²) in [6, 6.07) is 11.0. The largest absolute Gasteiger partial charge is 0.490 e. The molecule has 2 aromatic carbocycles. The van der Waals surface area contributed by atoms with Crippen molar-refractivity contribution in [2.45, 2.75) is 36.5 Å². The number of anilines is 1. The van der Waals surface area contributed by atoms with Crippen LogP contribution in [0.2, 0.25) is 0 Å². The third kappa shape index (κ3) is 4.73. The minimum atomic E-state index is -0.520. The fourth-order valence-electron chi connectivity index (χ4n) is 7.81. The molecule has 2 amide bonds. The van der Waals surface area contributed by atoms with E-state index in [0.29, 0.717) is 23.8 Å². The second-order valence-electron chi connectivity index (χ2n) is 11.5. The van der Waals surface area contributed by atoms with E-state index in [4.69, 9.17) is 14.2 Å². The first-order valence-corrected chi connectivity index (χ1v) is 16.5. The predicted molar refractivity (Wildman–Crippen MR) is 164 cm³/mol. The Morgan fingerprint density at radius 1 is 1.00 bits per heavy atom. The lowest BCUT2D eigenvalue weighted by atomic mass is 9.68. The van der Waals surface area contributed by atoms with Crippen molar-refractivity contribution in [1.82, 2.24) is 4.98 Å². The molecule has 1 N–H and O–H groups in total. The first-order valence-electron chi connectivity index (χ1n) is 14.8. The summed E-state index contributed by atoms with van der Waals surface area (Å²) in [5.41, 5.74) is 1.11. The van der Waals surface area contributed by atoms with Crippen LogP contribution in [0.1, 0.15) is 36.6 Å². The number of fused-ring (bicyclic) bond motifs is 9. The van der Waals surface area contributed by atoms with Crippen LogP contribution in [0.5, 0.6) is 11.5 Å². The number of aromatic amines is 1. The third-order valence-corrected chi connectivity index (χ3v) is 11.9. The molecule has 3 fully saturated rings. The molecule has 0 spiro atoms. The van der Waals surface area contributed by atoms with E-state index in [9.17, 15) is 29.3 Å². The Kier molecular flexibility index (Phi) is 7.43. The number of nitrogens with one attached hydrogen (secondary N) is 1. The number of ether oxygens (including phenoxy) is 3. The second-order valence-corrected chi connectivity index (χ2v) is 13.7. The number of benzene rings is 2. The van der Waals surface area contributed by atoms with Crippen molar-refractivity contribution in [3.8, 4) is 11.5 Å². The summed E-state index contributed by atoms with van der Waals surface area (Å²) in [5, 5.41) is 11.9. The highest BCUT2D eigenvalue weighted by atomic mass is 32.2. The summed E-state index contributed by atoms with van der Waals surface area (Å²) >= 11 is 2.75. The topological polar surface area (TPSA) is 158 Å². The number of imide groups is 1. The predicted octanol–water partition coefficient (Wildman–Crippen LogP) is 4.36. The van der Waals surface area contributed by atoms with E-state index < -0.39 is 22.7 Å². The van der Waals surface area contributed by atoms with Crippen LogP contribution >= 0.6 is 23.1 Å². The standard InChI is InChI=1S/C31H29N3O9S2/c1-3-41-20-11-14(5-10-19(20)43-13-21(35)42-4-2)22-23-17-12-18(26(23)44-28-27(22)45-31(38)32-28)25-24(17)29(36)33(30(25)37)15-6-8-16(9-7-15)34(39)40/h5-11,17-18,22-26H,3-4,12-13H2,1-2H3,(H,32,38)/t17-,18-,22+,23-,24+,25+,26-/m1/s1. The molecule has 2 aliphatic heterocycles. The van der Waals surface area contributed by atoms with Crippen molar-refractivity contribution in [2.75, 3.05) is 24.7 Å². The molecule has 4 aliphatic rings. The molecule has 7 atom stereocenters. The lowest BCUT2D eigenvalue weighted by molar-refractivity contribution is -0.384. The number of amides is 2. The Labute approximate surface area is 265 Å². The highest BCUT2D eigenvalue weighted by Gasteiger charge is 2.69. The van der Waals surface area contributed by atoms with Gasteiger partial charge >= 0.3 is 10.8 Å². The van der Waals surface area contributed by atoms with Crippen molar-refractivity contribution < 1.29 is 33.5 Å². The number of hydrogen-bond acceptors (Lipinski definition) is 11. The van der Waals surface area contributed by atoms with Gasteiger partial charge in [0.05, 0.1) is 40.7 Å². The minimum absolute atomic E-state index is 0.0113. The van der Waals surface area contributed by atoms with Gasteiger partial charge in [0.1, 0.15) is 0 Å². The van der Waals surface area contributed by atoms with Gasteiger partial charge in [0.15, 0.2) is 18.1 Å².